The average Bonchev–Trinajstić information content (AvgIpc) is 3.76. The van der Waals surface area contributed by atoms with Crippen LogP contribution in [0.15, 0.2) is 47.4 Å². The lowest BCUT2D eigenvalue weighted by molar-refractivity contribution is -0.140. The molecule has 6 N–H and O–H groups in total. The van der Waals surface area contributed by atoms with Gasteiger partial charge in [0.15, 0.2) is 5.96 Å². The summed E-state index contributed by atoms with van der Waals surface area (Å²) >= 11 is 0. The number of nitrogens with zero attached hydrogens (tertiary/aromatic N) is 2. The molecule has 1 aliphatic heterocycles. The Hall–Kier alpha value is -3.42. The number of carbonyl (C=O) groups is 3. The van der Waals surface area contributed by atoms with E-state index >= 15 is 0 Å². The summed E-state index contributed by atoms with van der Waals surface area (Å²) in [4.78, 5) is 40.9. The molecule has 2 aromatic rings. The third kappa shape index (κ3) is 8.78. The average molecular weight is 609 g/mol. The first-order valence-electron chi connectivity index (χ1n) is 13.4. The van der Waals surface area contributed by atoms with Gasteiger partial charge < -0.3 is 26.0 Å². The molecule has 1 saturated heterocycles. The summed E-state index contributed by atoms with van der Waals surface area (Å²) in [7, 11) is -4.19. The Kier molecular flexibility index (Phi) is 10.9. The van der Waals surface area contributed by atoms with Crippen LogP contribution in [0.1, 0.15) is 38.5 Å². The second kappa shape index (κ2) is 14.0. The quantitative estimate of drug-likeness (QED) is 0.177. The summed E-state index contributed by atoms with van der Waals surface area (Å²) in [5.74, 6) is -1.98. The maximum Gasteiger partial charge on any atom is 0.305 e. The van der Waals surface area contributed by atoms with E-state index < -0.39 is 40.3 Å². The van der Waals surface area contributed by atoms with Crippen LogP contribution >= 0.6 is 12.4 Å². The van der Waals surface area contributed by atoms with Crippen molar-refractivity contribution in [1.82, 2.24) is 19.8 Å². The van der Waals surface area contributed by atoms with Gasteiger partial charge >= 0.3 is 5.97 Å². The maximum absolute atomic E-state index is 13.6. The fraction of sp³-hybridized carbons (Fsp3) is 0.481. The number of hydrogen-bond acceptors (Lipinski definition) is 6. The molecule has 1 heterocycles. The number of carboxylic acids is 1. The van der Waals surface area contributed by atoms with Crippen LogP contribution in [-0.4, -0.2) is 85.3 Å². The summed E-state index contributed by atoms with van der Waals surface area (Å²) in [6.07, 6.45) is 2.16. The molecule has 14 heteroatoms. The van der Waals surface area contributed by atoms with Crippen molar-refractivity contribution in [2.75, 3.05) is 26.2 Å². The molecule has 0 unspecified atom stereocenters. The van der Waals surface area contributed by atoms with Gasteiger partial charge in [0, 0.05) is 32.2 Å². The largest absolute Gasteiger partial charge is 0.481 e. The van der Waals surface area contributed by atoms with Crippen LogP contribution in [0.3, 0.4) is 0 Å². The highest BCUT2D eigenvalue weighted by Gasteiger charge is 2.38. The summed E-state index contributed by atoms with van der Waals surface area (Å²) in [6, 6.07) is 10.3. The number of likely N-dealkylation sites (tertiary alicyclic amines) is 1. The number of nitrogens with one attached hydrogen (secondary N) is 3. The van der Waals surface area contributed by atoms with Crippen LogP contribution in [0.2, 0.25) is 0 Å². The van der Waals surface area contributed by atoms with E-state index in [2.05, 4.69) is 10.0 Å². The molecular formula is C27H37ClN6O6S. The standard InChI is InChI=1S/C27H36N6O6S.ClH/c28-27(29)32-12-9-18(10-13-32)17-30-24(34)16-23(26(37)33(21-6-7-21)14-11-25(35)36)31-40(38,39)22-8-5-19-3-1-2-4-20(19)15-22;/h1-5,8,15,18,21,23,31H,6-7,9-14,16-17H2,(H3,28,29)(H,30,34)(H,35,36);1H/t23-;/m0./s1. The van der Waals surface area contributed by atoms with Gasteiger partial charge in [-0.15, -0.1) is 12.4 Å². The van der Waals surface area contributed by atoms with Crippen LogP contribution in [0.25, 0.3) is 10.8 Å². The molecule has 2 aromatic carbocycles. The minimum absolute atomic E-state index is 0. The SMILES string of the molecule is Cl.N=C(N)N1CCC(CNC(=O)C[C@H](NS(=O)(=O)c2ccc3ccccc3c2)C(=O)N(CCC(=O)O)C2CC2)CC1. The normalized spacial score (nSPS) is 16.4. The van der Waals surface area contributed by atoms with Crippen LogP contribution in [0.4, 0.5) is 0 Å². The van der Waals surface area contributed by atoms with E-state index in [1.807, 2.05) is 12.1 Å². The van der Waals surface area contributed by atoms with Crippen molar-refractivity contribution in [3.8, 4) is 0 Å². The highest BCUT2D eigenvalue weighted by molar-refractivity contribution is 7.89. The number of amides is 2. The molecule has 2 aliphatic rings. The predicted molar refractivity (Wildman–Crippen MR) is 156 cm³/mol. The maximum atomic E-state index is 13.6. The van der Waals surface area contributed by atoms with Gasteiger partial charge in [0.2, 0.25) is 21.8 Å². The van der Waals surface area contributed by atoms with Crippen LogP contribution < -0.4 is 15.8 Å². The summed E-state index contributed by atoms with van der Waals surface area (Å²) < 4.78 is 29.2. The van der Waals surface area contributed by atoms with Gasteiger partial charge in [0.25, 0.3) is 0 Å². The molecule has 1 saturated carbocycles. The Morgan fingerprint density at radius 1 is 1.07 bits per heavy atom. The fourth-order valence-corrected chi connectivity index (χ4v) is 6.16. The molecule has 0 spiro atoms. The highest BCUT2D eigenvalue weighted by Crippen LogP contribution is 2.28. The number of sulfonamides is 1. The molecule has 41 heavy (non-hydrogen) atoms. The van der Waals surface area contributed by atoms with Gasteiger partial charge in [0.05, 0.1) is 17.7 Å². The second-order valence-electron chi connectivity index (χ2n) is 10.4. The van der Waals surface area contributed by atoms with Crippen LogP contribution in [0.5, 0.6) is 0 Å². The first-order valence-corrected chi connectivity index (χ1v) is 14.9. The molecular weight excluding hydrogens is 572 g/mol. The van der Waals surface area contributed by atoms with Gasteiger partial charge in [-0.1, -0.05) is 30.3 Å². The molecule has 224 valence electrons. The van der Waals surface area contributed by atoms with Gasteiger partial charge in [-0.25, -0.2) is 8.42 Å². The number of carbonyl (C=O) groups excluding carboxylic acids is 2. The number of benzene rings is 2. The molecule has 1 aliphatic carbocycles. The van der Waals surface area contributed by atoms with Crippen molar-refractivity contribution in [2.45, 2.75) is 55.5 Å². The lowest BCUT2D eigenvalue weighted by Gasteiger charge is -2.32. The number of fused-ring (bicyclic) bond motifs is 1. The molecule has 4 rings (SSSR count). The van der Waals surface area contributed by atoms with Gasteiger partial charge in [-0.2, -0.15) is 4.72 Å². The first kappa shape index (κ1) is 32.1. The van der Waals surface area contributed by atoms with Crippen LogP contribution in [-0.2, 0) is 24.4 Å². The van der Waals surface area contributed by atoms with Crippen molar-refractivity contribution in [3.05, 3.63) is 42.5 Å². The van der Waals surface area contributed by atoms with Crippen LogP contribution in [0, 0.1) is 11.3 Å². The highest BCUT2D eigenvalue weighted by atomic mass is 35.5. The summed E-state index contributed by atoms with van der Waals surface area (Å²) in [5.41, 5.74) is 5.54. The van der Waals surface area contributed by atoms with Gasteiger partial charge in [0.1, 0.15) is 6.04 Å². The minimum atomic E-state index is -4.19. The number of carboxylic acid groups (broad SMARTS) is 1. The van der Waals surface area contributed by atoms with Crippen molar-refractivity contribution in [1.29, 1.82) is 5.41 Å². The number of aliphatic carboxylic acids is 1. The zero-order valence-electron chi connectivity index (χ0n) is 22.6. The second-order valence-corrected chi connectivity index (χ2v) is 12.1. The molecule has 0 aromatic heterocycles. The molecule has 1 atom stereocenters. The van der Waals surface area contributed by atoms with E-state index in [0.717, 1.165) is 18.2 Å². The number of piperidine rings is 1. The summed E-state index contributed by atoms with van der Waals surface area (Å²) in [5, 5.41) is 21.1. The zero-order valence-corrected chi connectivity index (χ0v) is 24.3. The predicted octanol–water partition coefficient (Wildman–Crippen LogP) is 1.49. The Morgan fingerprint density at radius 3 is 2.34 bits per heavy atom. The lowest BCUT2D eigenvalue weighted by Crippen LogP contribution is -2.52. The monoisotopic (exact) mass is 608 g/mol. The van der Waals surface area contributed by atoms with E-state index in [4.69, 9.17) is 16.2 Å². The fourth-order valence-electron chi connectivity index (χ4n) is 4.94. The third-order valence-electron chi connectivity index (χ3n) is 7.40. The Balaban J connectivity index is 0.00000462. The zero-order chi connectivity index (χ0) is 28.9. The Labute approximate surface area is 245 Å². The van der Waals surface area contributed by atoms with Gasteiger partial charge in [-0.05, 0) is 54.5 Å². The van der Waals surface area contributed by atoms with E-state index in [1.54, 1.807) is 23.1 Å². The minimum Gasteiger partial charge on any atom is -0.481 e. The molecule has 0 radical (unpaired) electrons. The number of rotatable bonds is 12. The molecule has 2 fully saturated rings. The third-order valence-corrected chi connectivity index (χ3v) is 8.87. The van der Waals surface area contributed by atoms with Gasteiger partial charge in [-0.3, -0.25) is 19.8 Å². The number of guanidine groups is 1. The molecule has 0 bridgehead atoms. The van der Waals surface area contributed by atoms with Crippen molar-refractivity contribution < 1.29 is 27.9 Å². The Bertz CT molecular complexity index is 1380. The lowest BCUT2D eigenvalue weighted by atomic mass is 9.97. The van der Waals surface area contributed by atoms with E-state index in [0.29, 0.717) is 37.9 Å². The van der Waals surface area contributed by atoms with Crippen molar-refractivity contribution in [2.24, 2.45) is 11.7 Å². The van der Waals surface area contributed by atoms with E-state index in [-0.39, 0.29) is 48.2 Å². The smallest absolute Gasteiger partial charge is 0.305 e. The summed E-state index contributed by atoms with van der Waals surface area (Å²) in [6.45, 7) is 1.52. The number of nitrogens with two attached hydrogens (primary N) is 1. The van der Waals surface area contributed by atoms with E-state index in [1.165, 1.54) is 17.0 Å². The first-order chi connectivity index (χ1) is 19.0. The topological polar surface area (TPSA) is 186 Å². The van der Waals surface area contributed by atoms with E-state index in [9.17, 15) is 22.8 Å². The number of halogens is 1. The van der Waals surface area contributed by atoms with Crippen molar-refractivity contribution >= 4 is 56.9 Å². The van der Waals surface area contributed by atoms with Crippen molar-refractivity contribution in [3.63, 3.8) is 0 Å². The molecule has 2 amide bonds. The Morgan fingerprint density at radius 2 is 1.73 bits per heavy atom. The molecule has 12 nitrogen and oxygen atoms in total. The number of hydrogen-bond donors (Lipinski definition) is 5.